The van der Waals surface area contributed by atoms with Crippen molar-refractivity contribution in [1.82, 2.24) is 10.2 Å². The number of nitrogens with one attached hydrogen (secondary N) is 1. The maximum Gasteiger partial charge on any atom is 0.251 e. The molecule has 1 heterocycles. The van der Waals surface area contributed by atoms with E-state index in [1.807, 2.05) is 24.3 Å². The molecular formula is C18H18N2O3S. The van der Waals surface area contributed by atoms with Crippen LogP contribution < -0.4 is 10.1 Å². The lowest BCUT2D eigenvalue weighted by Gasteiger charge is -2.15. The van der Waals surface area contributed by atoms with Crippen LogP contribution in [-0.4, -0.2) is 34.2 Å². The fourth-order valence-electron chi connectivity index (χ4n) is 2.65. The van der Waals surface area contributed by atoms with E-state index in [1.54, 1.807) is 36.3 Å². The Kier molecular flexibility index (Phi) is 4.66. The molecule has 2 aromatic rings. The van der Waals surface area contributed by atoms with Gasteiger partial charge in [0, 0.05) is 6.42 Å². The van der Waals surface area contributed by atoms with E-state index in [0.717, 1.165) is 16.9 Å². The van der Waals surface area contributed by atoms with Crippen molar-refractivity contribution >= 4 is 23.2 Å². The van der Waals surface area contributed by atoms with Crippen molar-refractivity contribution in [3.05, 3.63) is 59.7 Å². The van der Waals surface area contributed by atoms with Crippen molar-refractivity contribution < 1.29 is 14.6 Å². The van der Waals surface area contributed by atoms with Crippen LogP contribution in [-0.2, 0) is 17.8 Å². The van der Waals surface area contributed by atoms with Crippen LogP contribution in [0.25, 0.3) is 0 Å². The van der Waals surface area contributed by atoms with Crippen LogP contribution in [0.3, 0.4) is 0 Å². The van der Waals surface area contributed by atoms with Gasteiger partial charge in [-0.05, 0) is 47.6 Å². The molecule has 1 unspecified atom stereocenters. The lowest BCUT2D eigenvalue weighted by molar-refractivity contribution is -0.127. The van der Waals surface area contributed by atoms with Crippen LogP contribution in [0.4, 0.5) is 0 Å². The van der Waals surface area contributed by atoms with Gasteiger partial charge in [0.25, 0.3) is 5.91 Å². The van der Waals surface area contributed by atoms with Crippen LogP contribution in [0.5, 0.6) is 11.5 Å². The quantitative estimate of drug-likeness (QED) is 0.816. The van der Waals surface area contributed by atoms with Crippen LogP contribution in [0, 0.1) is 0 Å². The minimum Gasteiger partial charge on any atom is -0.508 e. The highest BCUT2D eigenvalue weighted by Gasteiger charge is 2.35. The van der Waals surface area contributed by atoms with E-state index in [0.29, 0.717) is 18.1 Å². The molecule has 6 heteroatoms. The Morgan fingerprint density at radius 2 is 1.75 bits per heavy atom. The maximum atomic E-state index is 12.6. The summed E-state index contributed by atoms with van der Waals surface area (Å²) in [7, 11) is 1.62. The third-order valence-electron chi connectivity index (χ3n) is 3.98. The van der Waals surface area contributed by atoms with E-state index in [9.17, 15) is 9.90 Å². The Morgan fingerprint density at radius 1 is 1.12 bits per heavy atom. The van der Waals surface area contributed by atoms with Crippen molar-refractivity contribution in [3.8, 4) is 11.5 Å². The number of ether oxygens (including phenoxy) is 1. The molecule has 0 aliphatic carbocycles. The highest BCUT2D eigenvalue weighted by molar-refractivity contribution is 7.80. The van der Waals surface area contributed by atoms with Crippen molar-refractivity contribution in [2.24, 2.45) is 0 Å². The number of rotatable bonds is 5. The Morgan fingerprint density at radius 3 is 2.38 bits per heavy atom. The average molecular weight is 342 g/mol. The second-order valence-electron chi connectivity index (χ2n) is 5.65. The third-order valence-corrected chi connectivity index (χ3v) is 4.32. The van der Waals surface area contributed by atoms with E-state index in [2.05, 4.69) is 5.32 Å². The van der Waals surface area contributed by atoms with Gasteiger partial charge in [-0.25, -0.2) is 0 Å². The molecule has 0 bridgehead atoms. The Bertz CT molecular complexity index is 744. The molecule has 0 radical (unpaired) electrons. The predicted molar refractivity (Wildman–Crippen MR) is 94.9 cm³/mol. The number of benzene rings is 2. The van der Waals surface area contributed by atoms with Crippen molar-refractivity contribution in [1.29, 1.82) is 0 Å². The Labute approximate surface area is 145 Å². The minimum absolute atomic E-state index is 0.0381. The lowest BCUT2D eigenvalue weighted by Crippen LogP contribution is -2.32. The number of phenols is 1. The highest BCUT2D eigenvalue weighted by atomic mass is 32.1. The SMILES string of the molecule is COc1ccc(CN2C(=O)C(Cc3ccc(O)cc3)NC2=S)cc1. The number of nitrogens with zero attached hydrogens (tertiary/aromatic N) is 1. The number of hydrogen-bond acceptors (Lipinski definition) is 4. The van der Waals surface area contributed by atoms with E-state index in [1.165, 1.54) is 0 Å². The standard InChI is InChI=1S/C18H18N2O3S/c1-23-15-8-4-13(5-9-15)11-20-17(22)16(19-18(20)24)10-12-2-6-14(21)7-3-12/h2-9,16,21H,10-11H2,1H3,(H,19,24). The molecule has 1 atom stereocenters. The van der Waals surface area contributed by atoms with Gasteiger partial charge in [-0.3, -0.25) is 9.69 Å². The third kappa shape index (κ3) is 3.49. The molecule has 1 aliphatic rings. The number of aromatic hydroxyl groups is 1. The van der Waals surface area contributed by atoms with Crippen LogP contribution in [0.1, 0.15) is 11.1 Å². The van der Waals surface area contributed by atoms with Gasteiger partial charge < -0.3 is 15.2 Å². The van der Waals surface area contributed by atoms with Gasteiger partial charge in [0.1, 0.15) is 17.5 Å². The van der Waals surface area contributed by atoms with Gasteiger partial charge in [0.05, 0.1) is 13.7 Å². The number of phenolic OH excluding ortho intramolecular Hbond substituents is 1. The summed E-state index contributed by atoms with van der Waals surface area (Å²) < 4.78 is 5.14. The molecule has 1 amide bonds. The first-order valence-corrected chi connectivity index (χ1v) is 8.00. The maximum absolute atomic E-state index is 12.6. The van der Waals surface area contributed by atoms with Crippen molar-refractivity contribution in [3.63, 3.8) is 0 Å². The number of carbonyl (C=O) groups is 1. The molecule has 1 aliphatic heterocycles. The normalized spacial score (nSPS) is 17.0. The number of amides is 1. The van der Waals surface area contributed by atoms with Gasteiger partial charge in [-0.1, -0.05) is 24.3 Å². The van der Waals surface area contributed by atoms with Crippen LogP contribution >= 0.6 is 12.2 Å². The zero-order valence-electron chi connectivity index (χ0n) is 13.2. The Balaban J connectivity index is 1.67. The second-order valence-corrected chi connectivity index (χ2v) is 6.03. The summed E-state index contributed by atoms with van der Waals surface area (Å²) in [6.07, 6.45) is 0.526. The fraction of sp³-hybridized carbons (Fsp3) is 0.222. The molecule has 2 N–H and O–H groups in total. The molecule has 124 valence electrons. The molecule has 1 fully saturated rings. The summed E-state index contributed by atoms with van der Waals surface area (Å²) in [4.78, 5) is 14.2. The zero-order valence-corrected chi connectivity index (χ0v) is 14.0. The summed E-state index contributed by atoms with van der Waals surface area (Å²) in [5.41, 5.74) is 1.95. The topological polar surface area (TPSA) is 61.8 Å². The molecule has 0 saturated carbocycles. The van der Waals surface area contributed by atoms with Crippen molar-refractivity contribution in [2.75, 3.05) is 7.11 Å². The van der Waals surface area contributed by atoms with Crippen molar-refractivity contribution in [2.45, 2.75) is 19.0 Å². The summed E-state index contributed by atoms with van der Waals surface area (Å²) >= 11 is 5.31. The first-order valence-electron chi connectivity index (χ1n) is 7.59. The van der Waals surface area contributed by atoms with Gasteiger partial charge in [0.15, 0.2) is 5.11 Å². The second kappa shape index (κ2) is 6.88. The van der Waals surface area contributed by atoms with Gasteiger partial charge in [-0.15, -0.1) is 0 Å². The van der Waals surface area contributed by atoms with Gasteiger partial charge >= 0.3 is 0 Å². The number of methoxy groups -OCH3 is 1. The minimum atomic E-state index is -0.375. The monoisotopic (exact) mass is 342 g/mol. The zero-order chi connectivity index (χ0) is 17.1. The smallest absolute Gasteiger partial charge is 0.251 e. The molecule has 0 spiro atoms. The highest BCUT2D eigenvalue weighted by Crippen LogP contribution is 2.18. The van der Waals surface area contributed by atoms with Crippen LogP contribution in [0.15, 0.2) is 48.5 Å². The van der Waals surface area contributed by atoms with E-state index in [-0.39, 0.29) is 17.7 Å². The van der Waals surface area contributed by atoms with Crippen LogP contribution in [0.2, 0.25) is 0 Å². The molecule has 0 aromatic heterocycles. The molecule has 1 saturated heterocycles. The summed E-state index contributed by atoms with van der Waals surface area (Å²) in [6.45, 7) is 0.431. The number of carbonyl (C=O) groups excluding carboxylic acids is 1. The predicted octanol–water partition coefficient (Wildman–Crippen LogP) is 2.23. The van der Waals surface area contributed by atoms with Gasteiger partial charge in [-0.2, -0.15) is 0 Å². The first kappa shape index (κ1) is 16.3. The number of thiocarbonyl (C=S) groups is 1. The first-order chi connectivity index (χ1) is 11.6. The molecule has 24 heavy (non-hydrogen) atoms. The summed E-state index contributed by atoms with van der Waals surface area (Å²) in [5.74, 6) is 0.947. The summed E-state index contributed by atoms with van der Waals surface area (Å²) in [6, 6.07) is 14.0. The Hall–Kier alpha value is -2.60. The fourth-order valence-corrected chi connectivity index (χ4v) is 2.94. The van der Waals surface area contributed by atoms with Gasteiger partial charge in [0.2, 0.25) is 0 Å². The molecule has 2 aromatic carbocycles. The van der Waals surface area contributed by atoms with E-state index in [4.69, 9.17) is 17.0 Å². The lowest BCUT2D eigenvalue weighted by atomic mass is 10.1. The molecular weight excluding hydrogens is 324 g/mol. The largest absolute Gasteiger partial charge is 0.508 e. The molecule has 3 rings (SSSR count). The van der Waals surface area contributed by atoms with E-state index < -0.39 is 0 Å². The summed E-state index contributed by atoms with van der Waals surface area (Å²) in [5, 5.41) is 12.9. The number of hydrogen-bond donors (Lipinski definition) is 2. The van der Waals surface area contributed by atoms with E-state index >= 15 is 0 Å². The average Bonchev–Trinajstić information content (AvgIpc) is 2.85. The molecule has 5 nitrogen and oxygen atoms in total.